The molecule has 0 bridgehead atoms. The van der Waals surface area contributed by atoms with Crippen LogP contribution in [-0.4, -0.2) is 6.54 Å². The number of nitrogens with zero attached hydrogens (tertiary/aromatic N) is 1. The van der Waals surface area contributed by atoms with Crippen molar-refractivity contribution < 1.29 is 0 Å². The van der Waals surface area contributed by atoms with Crippen LogP contribution in [0.25, 0.3) is 11.1 Å². The van der Waals surface area contributed by atoms with E-state index in [1.165, 1.54) is 11.3 Å². The van der Waals surface area contributed by atoms with E-state index in [2.05, 4.69) is 18.3 Å². The molecule has 3 N–H and O–H groups in total. The molecule has 0 saturated heterocycles. The van der Waals surface area contributed by atoms with Gasteiger partial charge in [0.1, 0.15) is 11.1 Å². The van der Waals surface area contributed by atoms with Gasteiger partial charge in [0.2, 0.25) is 0 Å². The molecular formula is C14H15N3S. The van der Waals surface area contributed by atoms with E-state index in [9.17, 15) is 0 Å². The molecule has 1 aromatic heterocycles. The molecule has 0 atom stereocenters. The highest BCUT2D eigenvalue weighted by atomic mass is 32.1. The van der Waals surface area contributed by atoms with Crippen molar-refractivity contribution in [2.24, 2.45) is 0 Å². The Bertz CT molecular complexity index is 564. The Labute approximate surface area is 111 Å². The number of nitrogens with two attached hydrogens (primary N) is 1. The molecule has 0 fully saturated rings. The van der Waals surface area contributed by atoms with Crippen LogP contribution in [0.15, 0.2) is 29.6 Å². The van der Waals surface area contributed by atoms with E-state index >= 15 is 0 Å². The van der Waals surface area contributed by atoms with Gasteiger partial charge in [0.15, 0.2) is 0 Å². The number of nitriles is 1. The van der Waals surface area contributed by atoms with E-state index in [0.29, 0.717) is 10.6 Å². The normalized spacial score (nSPS) is 10.0. The summed E-state index contributed by atoms with van der Waals surface area (Å²) in [7, 11) is 0. The summed E-state index contributed by atoms with van der Waals surface area (Å²) in [4.78, 5) is 0. The largest absolute Gasteiger partial charge is 0.389 e. The average molecular weight is 257 g/mol. The van der Waals surface area contributed by atoms with Gasteiger partial charge in [-0.3, -0.25) is 0 Å². The van der Waals surface area contributed by atoms with Gasteiger partial charge in [0.05, 0.1) is 5.56 Å². The van der Waals surface area contributed by atoms with Crippen LogP contribution in [0, 0.1) is 11.3 Å². The molecule has 0 spiro atoms. The van der Waals surface area contributed by atoms with Gasteiger partial charge in [-0.25, -0.2) is 0 Å². The van der Waals surface area contributed by atoms with Crippen molar-refractivity contribution in [3.05, 3.63) is 35.2 Å². The van der Waals surface area contributed by atoms with Crippen molar-refractivity contribution in [1.82, 2.24) is 0 Å². The Kier molecular flexibility index (Phi) is 3.85. The Morgan fingerprint density at radius 1 is 1.33 bits per heavy atom. The fourth-order valence-electron chi connectivity index (χ4n) is 1.74. The zero-order chi connectivity index (χ0) is 13.0. The number of anilines is 2. The number of hydrogen-bond acceptors (Lipinski definition) is 4. The predicted molar refractivity (Wildman–Crippen MR) is 77.7 cm³/mol. The van der Waals surface area contributed by atoms with Crippen molar-refractivity contribution in [3.63, 3.8) is 0 Å². The third-order valence-electron chi connectivity index (χ3n) is 2.71. The lowest BCUT2D eigenvalue weighted by molar-refractivity contribution is 0.980. The smallest absolute Gasteiger partial charge is 0.104 e. The molecule has 1 heterocycles. The van der Waals surface area contributed by atoms with Crippen molar-refractivity contribution in [1.29, 1.82) is 5.26 Å². The van der Waals surface area contributed by atoms with E-state index in [-0.39, 0.29) is 0 Å². The number of hydrogen-bond donors (Lipinski definition) is 2. The van der Waals surface area contributed by atoms with E-state index in [1.54, 1.807) is 0 Å². The molecule has 0 saturated carbocycles. The average Bonchev–Trinajstić information content (AvgIpc) is 2.78. The monoisotopic (exact) mass is 257 g/mol. The third kappa shape index (κ3) is 2.47. The van der Waals surface area contributed by atoms with Crippen LogP contribution in [0.1, 0.15) is 18.9 Å². The van der Waals surface area contributed by atoms with Gasteiger partial charge in [-0.1, -0.05) is 19.1 Å². The summed E-state index contributed by atoms with van der Waals surface area (Å²) >= 11 is 1.41. The van der Waals surface area contributed by atoms with Gasteiger partial charge in [0, 0.05) is 23.2 Å². The summed E-state index contributed by atoms with van der Waals surface area (Å²) in [6.07, 6.45) is 1.10. The van der Waals surface area contributed by atoms with Crippen molar-refractivity contribution >= 4 is 22.0 Å². The van der Waals surface area contributed by atoms with E-state index in [0.717, 1.165) is 29.8 Å². The Morgan fingerprint density at radius 3 is 2.67 bits per heavy atom. The highest BCUT2D eigenvalue weighted by molar-refractivity contribution is 7.14. The van der Waals surface area contributed by atoms with Gasteiger partial charge < -0.3 is 11.1 Å². The van der Waals surface area contributed by atoms with Crippen LogP contribution in [0.5, 0.6) is 0 Å². The molecule has 0 radical (unpaired) electrons. The van der Waals surface area contributed by atoms with Crippen LogP contribution in [0.2, 0.25) is 0 Å². The fourth-order valence-corrected chi connectivity index (χ4v) is 2.51. The fraction of sp³-hybridized carbons (Fsp3) is 0.214. The second-order valence-corrected chi connectivity index (χ2v) is 4.92. The predicted octanol–water partition coefficient (Wildman–Crippen LogP) is 3.69. The van der Waals surface area contributed by atoms with Crippen LogP contribution in [0.4, 0.5) is 10.7 Å². The maximum absolute atomic E-state index is 9.08. The van der Waals surface area contributed by atoms with Gasteiger partial charge in [-0.2, -0.15) is 5.26 Å². The summed E-state index contributed by atoms with van der Waals surface area (Å²) in [6, 6.07) is 10.2. The first-order chi connectivity index (χ1) is 8.76. The first-order valence-electron chi connectivity index (χ1n) is 5.87. The molecular weight excluding hydrogens is 242 g/mol. The molecule has 0 unspecified atom stereocenters. The highest BCUT2D eigenvalue weighted by Gasteiger charge is 2.10. The lowest BCUT2D eigenvalue weighted by Crippen LogP contribution is -1.98. The number of nitrogens with one attached hydrogen (secondary N) is 1. The Balaban J connectivity index is 2.26. The minimum Gasteiger partial charge on any atom is -0.389 e. The molecule has 2 rings (SSSR count). The Morgan fingerprint density at radius 2 is 2.06 bits per heavy atom. The number of benzene rings is 1. The summed E-state index contributed by atoms with van der Waals surface area (Å²) in [6.45, 7) is 3.10. The molecule has 92 valence electrons. The summed E-state index contributed by atoms with van der Waals surface area (Å²) in [5.74, 6) is 0. The van der Waals surface area contributed by atoms with Gasteiger partial charge in [0.25, 0.3) is 0 Å². The maximum atomic E-state index is 9.08. The summed E-state index contributed by atoms with van der Waals surface area (Å²) in [5, 5.41) is 14.9. The van der Waals surface area contributed by atoms with Crippen LogP contribution >= 0.6 is 11.3 Å². The highest BCUT2D eigenvalue weighted by Crippen LogP contribution is 2.33. The lowest BCUT2D eigenvalue weighted by Gasteiger charge is -2.05. The van der Waals surface area contributed by atoms with E-state index < -0.39 is 0 Å². The first-order valence-corrected chi connectivity index (χ1v) is 6.75. The molecule has 2 aromatic rings. The maximum Gasteiger partial charge on any atom is 0.104 e. The molecule has 0 aliphatic heterocycles. The zero-order valence-electron chi connectivity index (χ0n) is 10.2. The quantitative estimate of drug-likeness (QED) is 0.878. The molecule has 0 aliphatic carbocycles. The third-order valence-corrected chi connectivity index (χ3v) is 3.52. The molecule has 0 amide bonds. The van der Waals surface area contributed by atoms with Gasteiger partial charge in [-0.15, -0.1) is 11.3 Å². The zero-order valence-corrected chi connectivity index (χ0v) is 11.1. The standard InChI is InChI=1S/C14H15N3S/c1-2-7-17-11-5-3-10(4-6-11)13-9-18-14(16)12(13)8-15/h3-6,9,17H,2,7,16H2,1H3. The SMILES string of the molecule is CCCNc1ccc(-c2csc(N)c2C#N)cc1. The van der Waals surface area contributed by atoms with Crippen LogP contribution in [0.3, 0.4) is 0 Å². The lowest BCUT2D eigenvalue weighted by atomic mass is 10.0. The van der Waals surface area contributed by atoms with Crippen molar-refractivity contribution in [3.8, 4) is 17.2 Å². The summed E-state index contributed by atoms with van der Waals surface area (Å²) < 4.78 is 0. The van der Waals surface area contributed by atoms with E-state index in [1.807, 2.05) is 29.6 Å². The minimum atomic E-state index is 0.578. The van der Waals surface area contributed by atoms with Gasteiger partial charge >= 0.3 is 0 Å². The second kappa shape index (κ2) is 5.56. The van der Waals surface area contributed by atoms with Crippen molar-refractivity contribution in [2.45, 2.75) is 13.3 Å². The number of rotatable bonds is 4. The minimum absolute atomic E-state index is 0.578. The number of thiophene rings is 1. The first kappa shape index (κ1) is 12.5. The topological polar surface area (TPSA) is 61.8 Å². The molecule has 3 nitrogen and oxygen atoms in total. The Hall–Kier alpha value is -1.99. The molecule has 1 aromatic carbocycles. The second-order valence-electron chi connectivity index (χ2n) is 4.00. The van der Waals surface area contributed by atoms with Crippen LogP contribution < -0.4 is 11.1 Å². The van der Waals surface area contributed by atoms with Crippen molar-refractivity contribution in [2.75, 3.05) is 17.6 Å². The summed E-state index contributed by atoms with van der Waals surface area (Å²) in [5.41, 5.74) is 9.39. The van der Waals surface area contributed by atoms with Gasteiger partial charge in [-0.05, 0) is 24.1 Å². The molecule has 4 heteroatoms. The number of nitrogen functional groups attached to an aromatic ring is 1. The van der Waals surface area contributed by atoms with Crippen LogP contribution in [-0.2, 0) is 0 Å². The molecule has 18 heavy (non-hydrogen) atoms. The van der Waals surface area contributed by atoms with E-state index in [4.69, 9.17) is 11.0 Å². The molecule has 0 aliphatic rings.